The number of hydrazone groups is 1. The molecule has 1 aliphatic rings. The second kappa shape index (κ2) is 6.63. The Kier molecular flexibility index (Phi) is 4.39. The molecule has 0 aromatic heterocycles. The molecule has 1 heterocycles. The summed E-state index contributed by atoms with van der Waals surface area (Å²) in [6.07, 6.45) is 0.757. The van der Waals surface area contributed by atoms with Crippen LogP contribution in [0.5, 0.6) is 11.5 Å². The molecule has 5 nitrogen and oxygen atoms in total. The molecule has 0 amide bonds. The van der Waals surface area contributed by atoms with Crippen molar-refractivity contribution in [2.45, 2.75) is 25.4 Å². The minimum atomic E-state index is -0.692. The number of nitrogens with zero attached hydrogens (tertiary/aromatic N) is 3. The summed E-state index contributed by atoms with van der Waals surface area (Å²) in [4.78, 5) is 0. The van der Waals surface area contributed by atoms with Crippen LogP contribution in [-0.4, -0.2) is 22.9 Å². The summed E-state index contributed by atoms with van der Waals surface area (Å²) in [7, 11) is 1.49. The van der Waals surface area contributed by atoms with Gasteiger partial charge in [0.25, 0.3) is 0 Å². The van der Waals surface area contributed by atoms with E-state index in [4.69, 9.17) is 4.74 Å². The summed E-state index contributed by atoms with van der Waals surface area (Å²) in [5, 5.41) is 26.5. The molecule has 5 heteroatoms. The zero-order valence-electron chi connectivity index (χ0n) is 13.7. The summed E-state index contributed by atoms with van der Waals surface area (Å²) in [5.41, 5.74) is 2.56. The van der Waals surface area contributed by atoms with Crippen LogP contribution < -0.4 is 4.74 Å². The smallest absolute Gasteiger partial charge is 0.164 e. The average Bonchev–Trinajstić information content (AvgIpc) is 2.99. The number of aromatic hydroxyl groups is 1. The van der Waals surface area contributed by atoms with Crippen LogP contribution in [-0.2, 0) is 0 Å². The Labute approximate surface area is 141 Å². The quantitative estimate of drug-likeness (QED) is 0.930. The topological polar surface area (TPSA) is 68.8 Å². The Bertz CT molecular complexity index is 796. The first-order valence-electron chi connectivity index (χ1n) is 7.78. The van der Waals surface area contributed by atoms with Gasteiger partial charge in [0.15, 0.2) is 17.5 Å². The van der Waals surface area contributed by atoms with Crippen molar-refractivity contribution in [2.75, 3.05) is 7.11 Å². The van der Waals surface area contributed by atoms with E-state index in [9.17, 15) is 10.4 Å². The van der Waals surface area contributed by atoms with Gasteiger partial charge in [0, 0.05) is 17.7 Å². The van der Waals surface area contributed by atoms with Crippen molar-refractivity contribution in [1.29, 1.82) is 5.26 Å². The van der Waals surface area contributed by atoms with Crippen molar-refractivity contribution in [3.05, 3.63) is 59.7 Å². The van der Waals surface area contributed by atoms with E-state index < -0.39 is 6.04 Å². The Balaban J connectivity index is 2.02. The highest BCUT2D eigenvalue weighted by molar-refractivity contribution is 5.84. The highest BCUT2D eigenvalue weighted by Gasteiger charge is 2.34. The summed E-state index contributed by atoms with van der Waals surface area (Å²) >= 11 is 0. The van der Waals surface area contributed by atoms with Crippen LogP contribution in [0.25, 0.3) is 0 Å². The zero-order valence-corrected chi connectivity index (χ0v) is 13.7. The molecule has 0 radical (unpaired) electrons. The van der Waals surface area contributed by atoms with Crippen molar-refractivity contribution in [3.63, 3.8) is 0 Å². The van der Waals surface area contributed by atoms with E-state index in [1.54, 1.807) is 23.2 Å². The van der Waals surface area contributed by atoms with Gasteiger partial charge in [-0.15, -0.1) is 0 Å². The van der Waals surface area contributed by atoms with Gasteiger partial charge in [-0.2, -0.15) is 10.4 Å². The maximum Gasteiger partial charge on any atom is 0.164 e. The maximum absolute atomic E-state index is 10.4. The fourth-order valence-corrected chi connectivity index (χ4v) is 3.06. The van der Waals surface area contributed by atoms with Crippen LogP contribution in [0.3, 0.4) is 0 Å². The number of hydrogen-bond donors (Lipinski definition) is 1. The lowest BCUT2D eigenvalue weighted by Crippen LogP contribution is -2.24. The molecule has 0 saturated carbocycles. The third-order valence-electron chi connectivity index (χ3n) is 4.21. The first kappa shape index (κ1) is 15.9. The molecular formula is C19H19N3O2. The number of ether oxygens (including phenoxy) is 1. The Hall–Kier alpha value is -3.00. The summed E-state index contributed by atoms with van der Waals surface area (Å²) in [5.74, 6) is 0.335. The fourth-order valence-electron chi connectivity index (χ4n) is 3.06. The van der Waals surface area contributed by atoms with Crippen molar-refractivity contribution in [3.8, 4) is 17.6 Å². The summed E-state index contributed by atoms with van der Waals surface area (Å²) < 4.78 is 5.16. The molecular weight excluding hydrogens is 302 g/mol. The van der Waals surface area contributed by atoms with Crippen molar-refractivity contribution in [2.24, 2.45) is 5.10 Å². The molecule has 0 aliphatic carbocycles. The number of nitriles is 1. The van der Waals surface area contributed by atoms with Crippen LogP contribution in [0.15, 0.2) is 53.6 Å². The number of phenolic OH excluding ortho intramolecular Hbond substituents is 1. The molecule has 1 aliphatic heterocycles. The lowest BCUT2D eigenvalue weighted by molar-refractivity contribution is 0.193. The van der Waals surface area contributed by atoms with Gasteiger partial charge in [0.05, 0.1) is 19.2 Å². The largest absolute Gasteiger partial charge is 0.504 e. The molecule has 0 spiro atoms. The van der Waals surface area contributed by atoms with E-state index in [0.717, 1.165) is 17.7 Å². The lowest BCUT2D eigenvalue weighted by Gasteiger charge is -2.29. The van der Waals surface area contributed by atoms with Gasteiger partial charge in [-0.25, -0.2) is 0 Å². The second-order valence-corrected chi connectivity index (χ2v) is 5.78. The third-order valence-corrected chi connectivity index (χ3v) is 4.21. The number of rotatable bonds is 4. The first-order chi connectivity index (χ1) is 11.7. The molecule has 2 atom stereocenters. The lowest BCUT2D eigenvalue weighted by atomic mass is 9.99. The Morgan fingerprint density at radius 2 is 2.00 bits per heavy atom. The zero-order chi connectivity index (χ0) is 17.1. The van der Waals surface area contributed by atoms with E-state index in [0.29, 0.717) is 11.3 Å². The van der Waals surface area contributed by atoms with Crippen LogP contribution in [0.2, 0.25) is 0 Å². The molecule has 0 saturated heterocycles. The first-order valence-corrected chi connectivity index (χ1v) is 7.78. The van der Waals surface area contributed by atoms with Crippen LogP contribution in [0, 0.1) is 11.3 Å². The number of para-hydroxylation sites is 1. The van der Waals surface area contributed by atoms with Crippen LogP contribution >= 0.6 is 0 Å². The molecule has 3 rings (SSSR count). The molecule has 1 N–H and O–H groups in total. The van der Waals surface area contributed by atoms with Crippen molar-refractivity contribution >= 4 is 5.71 Å². The molecule has 24 heavy (non-hydrogen) atoms. The highest BCUT2D eigenvalue weighted by Crippen LogP contribution is 2.42. The number of hydrogen-bond acceptors (Lipinski definition) is 5. The average molecular weight is 321 g/mol. The van der Waals surface area contributed by atoms with E-state index >= 15 is 0 Å². The van der Waals surface area contributed by atoms with Crippen molar-refractivity contribution < 1.29 is 9.84 Å². The van der Waals surface area contributed by atoms with Gasteiger partial charge in [-0.05, 0) is 18.6 Å². The van der Waals surface area contributed by atoms with E-state index in [2.05, 4.69) is 11.2 Å². The van der Waals surface area contributed by atoms with Gasteiger partial charge < -0.3 is 9.84 Å². The standard InChI is InChI=1S/C19H19N3O2/c1-13-11-16(14-7-4-3-5-8-14)22(21-13)17(12-20)15-9-6-10-18(24-2)19(15)23/h3-10,16-17,23H,11H2,1-2H3/t16-,17+/m1/s1. The van der Waals surface area contributed by atoms with E-state index in [-0.39, 0.29) is 11.8 Å². The normalized spacial score (nSPS) is 18.0. The highest BCUT2D eigenvalue weighted by atomic mass is 16.5. The Morgan fingerprint density at radius 3 is 2.67 bits per heavy atom. The Morgan fingerprint density at radius 1 is 1.25 bits per heavy atom. The van der Waals surface area contributed by atoms with Crippen LogP contribution in [0.4, 0.5) is 0 Å². The second-order valence-electron chi connectivity index (χ2n) is 5.78. The summed E-state index contributed by atoms with van der Waals surface area (Å²) in [6, 6.07) is 16.7. The predicted octanol–water partition coefficient (Wildman–Crippen LogP) is 3.79. The predicted molar refractivity (Wildman–Crippen MR) is 91.8 cm³/mol. The van der Waals surface area contributed by atoms with Gasteiger partial charge in [0.1, 0.15) is 0 Å². The SMILES string of the molecule is COc1cccc([C@H](C#N)N2N=C(C)C[C@@H]2c2ccccc2)c1O. The maximum atomic E-state index is 10.4. The molecule has 0 unspecified atom stereocenters. The number of phenols is 1. The molecule has 122 valence electrons. The van der Waals surface area contributed by atoms with Gasteiger partial charge in [0.2, 0.25) is 0 Å². The van der Waals surface area contributed by atoms with Crippen LogP contribution in [0.1, 0.15) is 36.6 Å². The van der Waals surface area contributed by atoms with E-state index in [1.165, 1.54) is 7.11 Å². The minimum absolute atomic E-state index is 0.0156. The van der Waals surface area contributed by atoms with E-state index in [1.807, 2.05) is 37.3 Å². The molecule has 2 aromatic carbocycles. The van der Waals surface area contributed by atoms with Gasteiger partial charge >= 0.3 is 0 Å². The molecule has 0 bridgehead atoms. The van der Waals surface area contributed by atoms with Gasteiger partial charge in [-0.3, -0.25) is 5.01 Å². The minimum Gasteiger partial charge on any atom is -0.504 e. The monoisotopic (exact) mass is 321 g/mol. The third kappa shape index (κ3) is 2.79. The molecule has 2 aromatic rings. The fraction of sp³-hybridized carbons (Fsp3) is 0.263. The van der Waals surface area contributed by atoms with Gasteiger partial charge in [-0.1, -0.05) is 42.5 Å². The number of methoxy groups -OCH3 is 1. The number of benzene rings is 2. The summed E-state index contributed by atoms with van der Waals surface area (Å²) in [6.45, 7) is 1.95. The van der Waals surface area contributed by atoms with Crippen molar-refractivity contribution in [1.82, 2.24) is 5.01 Å². The molecule has 0 fully saturated rings.